The average Bonchev–Trinajstić information content (AvgIpc) is 2.52. The summed E-state index contributed by atoms with van der Waals surface area (Å²) < 4.78 is 10.8. The standard InChI is InChI=1S/C16H15NO4/c1-3-13-9-10-14(16(20-2)15(13)17(18)19)21-11-12-7-5-4-6-8-12/h3-10H,1,11H2,2H3. The quantitative estimate of drug-likeness (QED) is 0.598. The maximum absolute atomic E-state index is 11.2. The second-order valence-corrected chi connectivity index (χ2v) is 4.27. The number of rotatable bonds is 6. The van der Waals surface area contributed by atoms with E-state index in [1.165, 1.54) is 13.2 Å². The summed E-state index contributed by atoms with van der Waals surface area (Å²) in [4.78, 5) is 10.7. The highest BCUT2D eigenvalue weighted by molar-refractivity contribution is 5.69. The molecule has 0 radical (unpaired) electrons. The zero-order chi connectivity index (χ0) is 15.2. The first-order valence-corrected chi connectivity index (χ1v) is 6.32. The Balaban J connectivity index is 2.33. The van der Waals surface area contributed by atoms with E-state index in [1.54, 1.807) is 12.1 Å². The second-order valence-electron chi connectivity index (χ2n) is 4.27. The van der Waals surface area contributed by atoms with E-state index < -0.39 is 4.92 Å². The van der Waals surface area contributed by atoms with Crippen molar-refractivity contribution in [1.29, 1.82) is 0 Å². The third-order valence-corrected chi connectivity index (χ3v) is 2.97. The number of hydrogen-bond donors (Lipinski definition) is 0. The molecular formula is C16H15NO4. The van der Waals surface area contributed by atoms with Crippen LogP contribution in [0.3, 0.4) is 0 Å². The van der Waals surface area contributed by atoms with Crippen molar-refractivity contribution < 1.29 is 14.4 Å². The van der Waals surface area contributed by atoms with Gasteiger partial charge in [-0.1, -0.05) is 43.0 Å². The van der Waals surface area contributed by atoms with E-state index in [4.69, 9.17) is 9.47 Å². The van der Waals surface area contributed by atoms with Crippen LogP contribution < -0.4 is 9.47 Å². The number of hydrogen-bond acceptors (Lipinski definition) is 4. The van der Waals surface area contributed by atoms with E-state index in [0.717, 1.165) is 5.56 Å². The number of benzene rings is 2. The van der Waals surface area contributed by atoms with E-state index in [0.29, 0.717) is 17.9 Å². The van der Waals surface area contributed by atoms with Crippen LogP contribution in [0.4, 0.5) is 5.69 Å². The topological polar surface area (TPSA) is 61.6 Å². The molecule has 0 saturated heterocycles. The zero-order valence-corrected chi connectivity index (χ0v) is 11.6. The summed E-state index contributed by atoms with van der Waals surface area (Å²) in [6.45, 7) is 3.88. The molecule has 21 heavy (non-hydrogen) atoms. The SMILES string of the molecule is C=Cc1ccc(OCc2ccccc2)c(OC)c1[N+](=O)[O-]. The number of ether oxygens (including phenoxy) is 2. The molecule has 0 spiro atoms. The largest absolute Gasteiger partial charge is 0.488 e. The van der Waals surface area contributed by atoms with Gasteiger partial charge in [0.2, 0.25) is 5.75 Å². The van der Waals surface area contributed by atoms with E-state index in [-0.39, 0.29) is 11.4 Å². The Labute approximate surface area is 122 Å². The van der Waals surface area contributed by atoms with Crippen molar-refractivity contribution in [2.24, 2.45) is 0 Å². The van der Waals surface area contributed by atoms with Crippen molar-refractivity contribution in [2.75, 3.05) is 7.11 Å². The van der Waals surface area contributed by atoms with Gasteiger partial charge in [0, 0.05) is 0 Å². The Bertz CT molecular complexity index is 653. The molecule has 0 unspecified atom stereocenters. The molecule has 2 aromatic rings. The molecule has 0 aliphatic carbocycles. The Morgan fingerprint density at radius 3 is 2.52 bits per heavy atom. The van der Waals surface area contributed by atoms with Crippen molar-refractivity contribution in [3.63, 3.8) is 0 Å². The molecule has 0 heterocycles. The molecule has 0 atom stereocenters. The third-order valence-electron chi connectivity index (χ3n) is 2.97. The fourth-order valence-corrected chi connectivity index (χ4v) is 1.97. The van der Waals surface area contributed by atoms with Crippen molar-refractivity contribution >= 4 is 11.8 Å². The van der Waals surface area contributed by atoms with Gasteiger partial charge >= 0.3 is 5.69 Å². The second kappa shape index (κ2) is 6.56. The van der Waals surface area contributed by atoms with Gasteiger partial charge in [-0.2, -0.15) is 0 Å². The Kier molecular flexibility index (Phi) is 4.56. The molecule has 0 bridgehead atoms. The van der Waals surface area contributed by atoms with Gasteiger partial charge in [-0.25, -0.2) is 0 Å². The molecule has 0 aliphatic rings. The lowest BCUT2D eigenvalue weighted by Gasteiger charge is -2.12. The fourth-order valence-electron chi connectivity index (χ4n) is 1.97. The van der Waals surface area contributed by atoms with E-state index in [2.05, 4.69) is 6.58 Å². The Morgan fingerprint density at radius 1 is 1.24 bits per heavy atom. The van der Waals surface area contributed by atoms with E-state index >= 15 is 0 Å². The van der Waals surface area contributed by atoms with Crippen molar-refractivity contribution in [2.45, 2.75) is 6.61 Å². The lowest BCUT2D eigenvalue weighted by atomic mass is 10.1. The first-order chi connectivity index (χ1) is 10.2. The molecule has 5 heteroatoms. The van der Waals surface area contributed by atoms with Gasteiger partial charge < -0.3 is 9.47 Å². The minimum absolute atomic E-state index is 0.105. The summed E-state index contributed by atoms with van der Waals surface area (Å²) in [5.74, 6) is 0.437. The number of nitro groups is 1. The smallest absolute Gasteiger partial charge is 0.321 e. The van der Waals surface area contributed by atoms with Crippen LogP contribution in [0.5, 0.6) is 11.5 Å². The molecule has 0 fully saturated rings. The van der Waals surface area contributed by atoms with Crippen LogP contribution in [0.2, 0.25) is 0 Å². The first-order valence-electron chi connectivity index (χ1n) is 6.32. The molecule has 108 valence electrons. The number of methoxy groups -OCH3 is 1. The van der Waals surface area contributed by atoms with Gasteiger partial charge in [-0.05, 0) is 17.7 Å². The minimum atomic E-state index is -0.495. The Hall–Kier alpha value is -2.82. The highest BCUT2D eigenvalue weighted by Crippen LogP contribution is 2.40. The molecular weight excluding hydrogens is 270 g/mol. The van der Waals surface area contributed by atoms with Gasteiger partial charge in [0.25, 0.3) is 0 Å². The van der Waals surface area contributed by atoms with Crippen LogP contribution in [0.25, 0.3) is 6.08 Å². The summed E-state index contributed by atoms with van der Waals surface area (Å²) in [6, 6.07) is 12.8. The molecule has 0 aliphatic heterocycles. The summed E-state index contributed by atoms with van der Waals surface area (Å²) in [5, 5.41) is 11.2. The van der Waals surface area contributed by atoms with Crippen LogP contribution in [-0.2, 0) is 6.61 Å². The zero-order valence-electron chi connectivity index (χ0n) is 11.6. The lowest BCUT2D eigenvalue weighted by Crippen LogP contribution is -2.01. The van der Waals surface area contributed by atoms with Gasteiger partial charge in [0.15, 0.2) is 5.75 Å². The van der Waals surface area contributed by atoms with Gasteiger partial charge in [-0.15, -0.1) is 0 Å². The van der Waals surface area contributed by atoms with Gasteiger partial charge in [0.1, 0.15) is 6.61 Å². The molecule has 2 rings (SSSR count). The maximum atomic E-state index is 11.2. The highest BCUT2D eigenvalue weighted by Gasteiger charge is 2.23. The van der Waals surface area contributed by atoms with Crippen molar-refractivity contribution in [3.05, 3.63) is 70.3 Å². The highest BCUT2D eigenvalue weighted by atomic mass is 16.6. The maximum Gasteiger partial charge on any atom is 0.321 e. The van der Waals surface area contributed by atoms with Crippen LogP contribution in [0.15, 0.2) is 49.0 Å². The molecule has 2 aromatic carbocycles. The number of nitro benzene ring substituents is 1. The van der Waals surface area contributed by atoms with Crippen LogP contribution in [0.1, 0.15) is 11.1 Å². The van der Waals surface area contributed by atoms with Crippen molar-refractivity contribution in [1.82, 2.24) is 0 Å². The summed E-state index contributed by atoms with van der Waals surface area (Å²) in [7, 11) is 1.38. The summed E-state index contributed by atoms with van der Waals surface area (Å²) >= 11 is 0. The van der Waals surface area contributed by atoms with E-state index in [1.807, 2.05) is 30.3 Å². The van der Waals surface area contributed by atoms with Gasteiger partial charge in [0.05, 0.1) is 17.6 Å². The number of nitrogens with zero attached hydrogens (tertiary/aromatic N) is 1. The predicted octanol–water partition coefficient (Wildman–Crippen LogP) is 3.83. The van der Waals surface area contributed by atoms with Crippen LogP contribution >= 0.6 is 0 Å². The average molecular weight is 285 g/mol. The summed E-state index contributed by atoms with van der Waals surface area (Å²) in [5.41, 5.74) is 1.22. The fraction of sp³-hybridized carbons (Fsp3) is 0.125. The Morgan fingerprint density at radius 2 is 1.95 bits per heavy atom. The molecule has 0 saturated carbocycles. The first kappa shape index (κ1) is 14.6. The third kappa shape index (κ3) is 3.20. The molecule has 5 nitrogen and oxygen atoms in total. The van der Waals surface area contributed by atoms with Crippen molar-refractivity contribution in [3.8, 4) is 11.5 Å². The van der Waals surface area contributed by atoms with Gasteiger partial charge in [-0.3, -0.25) is 10.1 Å². The van der Waals surface area contributed by atoms with Crippen LogP contribution in [-0.4, -0.2) is 12.0 Å². The van der Waals surface area contributed by atoms with Crippen LogP contribution in [0, 0.1) is 10.1 Å². The lowest BCUT2D eigenvalue weighted by molar-refractivity contribution is -0.386. The molecule has 0 N–H and O–H groups in total. The molecule has 0 amide bonds. The normalized spacial score (nSPS) is 9.95. The summed E-state index contributed by atoms with van der Waals surface area (Å²) in [6.07, 6.45) is 1.42. The predicted molar refractivity (Wildman–Crippen MR) is 80.5 cm³/mol. The minimum Gasteiger partial charge on any atom is -0.488 e. The van der Waals surface area contributed by atoms with E-state index in [9.17, 15) is 10.1 Å². The monoisotopic (exact) mass is 285 g/mol. The molecule has 0 aromatic heterocycles.